The van der Waals surface area contributed by atoms with Crippen LogP contribution < -0.4 is 35.3 Å². The summed E-state index contributed by atoms with van der Waals surface area (Å²) < 4.78 is 28.8. The van der Waals surface area contributed by atoms with E-state index in [2.05, 4.69) is 0 Å². The van der Waals surface area contributed by atoms with Gasteiger partial charge in [0.25, 0.3) is 10.1 Å². The van der Waals surface area contributed by atoms with Crippen molar-refractivity contribution in [2.45, 2.75) is 18.9 Å². The quantitative estimate of drug-likeness (QED) is 0.316. The van der Waals surface area contributed by atoms with E-state index in [4.69, 9.17) is 15.4 Å². The van der Waals surface area contributed by atoms with Crippen LogP contribution in [0.1, 0.15) is 14.3 Å². The molecule has 0 aromatic carbocycles. The summed E-state index contributed by atoms with van der Waals surface area (Å²) in [6, 6.07) is -0.586. The van der Waals surface area contributed by atoms with E-state index in [0.717, 1.165) is 0 Å². The van der Waals surface area contributed by atoms with Crippen molar-refractivity contribution in [1.82, 2.24) is 0 Å². The van der Waals surface area contributed by atoms with Crippen molar-refractivity contribution in [2.24, 2.45) is 5.73 Å². The summed E-state index contributed by atoms with van der Waals surface area (Å²) in [6.45, 7) is -0.0147. The molecule has 1 atom stereocenters. The smallest absolute Gasteiger partial charge is 1.00 e. The van der Waals surface area contributed by atoms with E-state index in [1.165, 1.54) is 0 Å². The molecular weight excluding hydrogens is 193 g/mol. The Labute approximate surface area is 95.9 Å². The molecule has 4 N–H and O–H groups in total. The summed E-state index contributed by atoms with van der Waals surface area (Å²) in [6.07, 6.45) is 0.854. The Hall–Kier alpha value is 0.830. The Balaban J connectivity index is -0.000000500. The minimum atomic E-state index is -3.96. The van der Waals surface area contributed by atoms with E-state index in [-0.39, 0.29) is 37.6 Å². The van der Waals surface area contributed by atoms with Gasteiger partial charge in [-0.1, -0.05) is 0 Å². The van der Waals surface area contributed by atoms with Gasteiger partial charge in [0.05, 0.1) is 5.75 Å². The Morgan fingerprint density at radius 1 is 1.50 bits per heavy atom. The molecule has 0 saturated heterocycles. The van der Waals surface area contributed by atoms with Gasteiger partial charge in [-0.3, -0.25) is 4.55 Å². The zero-order valence-corrected chi connectivity index (χ0v) is 9.92. The van der Waals surface area contributed by atoms with E-state index < -0.39 is 21.9 Å². The van der Waals surface area contributed by atoms with Gasteiger partial charge < -0.3 is 12.3 Å². The molecule has 0 rings (SSSR count). The van der Waals surface area contributed by atoms with E-state index >= 15 is 0 Å². The molecule has 0 fully saturated rings. The first-order valence-corrected chi connectivity index (χ1v) is 4.88. The maximum Gasteiger partial charge on any atom is 1.00 e. The molecule has 1 unspecified atom stereocenters. The fourth-order valence-electron chi connectivity index (χ4n) is 0.707. The van der Waals surface area contributed by atoms with E-state index in [0.29, 0.717) is 12.8 Å². The van der Waals surface area contributed by atoms with Crippen molar-refractivity contribution in [3.8, 4) is 0 Å². The molecule has 0 aromatic heterocycles. The van der Waals surface area contributed by atoms with Gasteiger partial charge in [0, 0.05) is 12.6 Å². The average Bonchev–Trinajstić information content (AvgIpc) is 1.79. The number of rotatable bonds is 5. The van der Waals surface area contributed by atoms with Crippen LogP contribution in [-0.4, -0.2) is 36.5 Å². The molecule has 7 heteroatoms. The van der Waals surface area contributed by atoms with Crippen LogP contribution in [0.25, 0.3) is 0 Å². The third-order valence-electron chi connectivity index (χ3n) is 1.16. The molecule has 5 nitrogen and oxygen atoms in total. The van der Waals surface area contributed by atoms with E-state index in [9.17, 15) is 8.42 Å². The normalized spacial score (nSPS) is 13.6. The molecule has 0 aliphatic rings. The van der Waals surface area contributed by atoms with Gasteiger partial charge in [-0.25, -0.2) is 0 Å². The number of hydrogen-bond acceptors (Lipinski definition) is 4. The molecule has 0 saturated carbocycles. The largest absolute Gasteiger partial charge is 1.00 e. The van der Waals surface area contributed by atoms with Crippen LogP contribution in [0.5, 0.6) is 0 Å². The minimum Gasteiger partial charge on any atom is -1.00 e. The van der Waals surface area contributed by atoms with Gasteiger partial charge in [0.1, 0.15) is 0 Å². The summed E-state index contributed by atoms with van der Waals surface area (Å²) >= 11 is 0. The predicted octanol–water partition coefficient (Wildman–Crippen LogP) is -3.91. The molecule has 0 bridgehead atoms. The molecule has 12 heavy (non-hydrogen) atoms. The Kier molecular flexibility index (Phi) is 9.25. The van der Waals surface area contributed by atoms with Crippen LogP contribution in [-0.2, 0) is 10.1 Å². The summed E-state index contributed by atoms with van der Waals surface area (Å²) in [4.78, 5) is 0. The van der Waals surface area contributed by atoms with Crippen LogP contribution >= 0.6 is 0 Å². The van der Waals surface area contributed by atoms with Crippen molar-refractivity contribution in [3.05, 3.63) is 0 Å². The van der Waals surface area contributed by atoms with Crippen LogP contribution in [0.15, 0.2) is 0 Å². The molecule has 70 valence electrons. The third-order valence-corrected chi connectivity index (χ3v) is 2.01. The van der Waals surface area contributed by atoms with Gasteiger partial charge in [-0.2, -0.15) is 8.42 Å². The standard InChI is InChI=1S/C5H13NO4S.Na.H/c6-5(2-1-3-7)4-11(8,9)10;;/h5,7H,1-4,6H2,(H,8,9,10);;/q;+1;-1. The molecule has 0 aliphatic carbocycles. The minimum absolute atomic E-state index is 0. The van der Waals surface area contributed by atoms with Crippen molar-refractivity contribution in [2.75, 3.05) is 12.4 Å². The molecule has 0 heterocycles. The van der Waals surface area contributed by atoms with Crippen molar-refractivity contribution in [3.63, 3.8) is 0 Å². The van der Waals surface area contributed by atoms with Crippen LogP contribution in [0.4, 0.5) is 0 Å². The summed E-state index contributed by atoms with van der Waals surface area (Å²) in [5.41, 5.74) is 5.30. The second-order valence-electron chi connectivity index (χ2n) is 2.37. The summed E-state index contributed by atoms with van der Waals surface area (Å²) in [7, 11) is -3.96. The van der Waals surface area contributed by atoms with Crippen molar-refractivity contribution < 1.29 is 49.1 Å². The van der Waals surface area contributed by atoms with Crippen molar-refractivity contribution in [1.29, 1.82) is 0 Å². The monoisotopic (exact) mass is 207 g/mol. The fourth-order valence-corrected chi connectivity index (χ4v) is 1.42. The molecular formula is C5H14NNaO4S. The maximum atomic E-state index is 10.2. The third kappa shape index (κ3) is 10.8. The second kappa shape index (κ2) is 7.25. The Morgan fingerprint density at radius 3 is 2.33 bits per heavy atom. The zero-order chi connectivity index (χ0) is 8.91. The van der Waals surface area contributed by atoms with Gasteiger partial charge >= 0.3 is 29.6 Å². The number of aliphatic hydroxyl groups is 1. The fraction of sp³-hybridized carbons (Fsp3) is 1.00. The number of nitrogens with two attached hydrogens (primary N) is 1. The second-order valence-corrected chi connectivity index (χ2v) is 3.87. The van der Waals surface area contributed by atoms with Crippen molar-refractivity contribution >= 4 is 10.1 Å². The Bertz CT molecular complexity index is 199. The SMILES string of the molecule is NC(CCCO)CS(=O)(=O)O.[H-].[Na+]. The zero-order valence-electron chi connectivity index (χ0n) is 8.10. The first-order valence-electron chi connectivity index (χ1n) is 3.27. The van der Waals surface area contributed by atoms with E-state index in [1.807, 2.05) is 0 Å². The topological polar surface area (TPSA) is 101 Å². The first kappa shape index (κ1) is 15.3. The van der Waals surface area contributed by atoms with Gasteiger partial charge in [0.2, 0.25) is 0 Å². The first-order chi connectivity index (χ1) is 4.95. The predicted molar refractivity (Wildman–Crippen MR) is 41.8 cm³/mol. The summed E-state index contributed by atoms with van der Waals surface area (Å²) in [5, 5.41) is 8.35. The molecule has 0 spiro atoms. The number of hydrogen-bond donors (Lipinski definition) is 3. The van der Waals surface area contributed by atoms with Gasteiger partial charge in [-0.05, 0) is 12.8 Å². The average molecular weight is 207 g/mol. The van der Waals surface area contributed by atoms with Gasteiger partial charge in [0.15, 0.2) is 0 Å². The van der Waals surface area contributed by atoms with Crippen LogP contribution in [0.3, 0.4) is 0 Å². The summed E-state index contributed by atoms with van der Waals surface area (Å²) in [5.74, 6) is -0.438. The maximum absolute atomic E-state index is 10.2. The molecule has 0 amide bonds. The molecule has 0 aliphatic heterocycles. The van der Waals surface area contributed by atoms with Gasteiger partial charge in [-0.15, -0.1) is 0 Å². The molecule has 0 radical (unpaired) electrons. The molecule has 0 aromatic rings. The van der Waals surface area contributed by atoms with Crippen LogP contribution in [0, 0.1) is 0 Å². The Morgan fingerprint density at radius 2 is 2.00 bits per heavy atom. The number of aliphatic hydroxyl groups excluding tert-OH is 1. The van der Waals surface area contributed by atoms with Crippen LogP contribution in [0.2, 0.25) is 0 Å². The van der Waals surface area contributed by atoms with E-state index in [1.54, 1.807) is 0 Å².